The number of halogens is 1. The number of benzene rings is 1. The van der Waals surface area contributed by atoms with E-state index in [4.69, 9.17) is 22.8 Å². The van der Waals surface area contributed by atoms with Crippen molar-refractivity contribution in [2.24, 2.45) is 7.05 Å². The number of ether oxygens (including phenoxy) is 1. The summed E-state index contributed by atoms with van der Waals surface area (Å²) in [5.74, 6) is 4.52. The van der Waals surface area contributed by atoms with Gasteiger partial charge in [0, 0.05) is 19.7 Å². The monoisotopic (exact) mass is 367 g/mol. The largest absolute Gasteiger partial charge is 0.481 e. The molecular weight excluding hydrogens is 353 g/mol. The molecule has 2 heterocycles. The normalized spacial score (nSPS) is 13.6. The van der Waals surface area contributed by atoms with E-state index in [1.54, 1.807) is 6.92 Å². The minimum absolute atomic E-state index is 0.146. The zero-order valence-corrected chi connectivity index (χ0v) is 14.2. The van der Waals surface area contributed by atoms with E-state index in [0.717, 1.165) is 10.6 Å². The maximum absolute atomic E-state index is 14.5. The lowest BCUT2D eigenvalue weighted by atomic mass is 10.2. The Labute approximate surface area is 145 Å². The van der Waals surface area contributed by atoms with E-state index in [1.807, 2.05) is 0 Å². The first kappa shape index (κ1) is 16.9. The number of rotatable bonds is 2. The fraction of sp³-hybridized carbons (Fsp3) is 0.286. The molecule has 0 bridgehead atoms. The van der Waals surface area contributed by atoms with Crippen LogP contribution in [-0.4, -0.2) is 32.9 Å². The molecule has 0 saturated carbocycles. The highest BCUT2D eigenvalue weighted by molar-refractivity contribution is 7.71. The fourth-order valence-corrected chi connectivity index (χ4v) is 2.76. The summed E-state index contributed by atoms with van der Waals surface area (Å²) in [4.78, 5) is 38.1. The van der Waals surface area contributed by atoms with Crippen molar-refractivity contribution in [3.8, 4) is 11.4 Å². The summed E-state index contributed by atoms with van der Waals surface area (Å²) in [6.45, 7) is 1.84. The van der Waals surface area contributed by atoms with Gasteiger partial charge in [0.05, 0.1) is 11.4 Å². The lowest BCUT2D eigenvalue weighted by Crippen LogP contribution is -2.47. The fourth-order valence-electron chi connectivity index (χ4n) is 2.60. The summed E-state index contributed by atoms with van der Waals surface area (Å²) in [6.07, 6.45) is 0. The minimum Gasteiger partial charge on any atom is -0.481 e. The number of hydrogen-bond donors (Lipinski definition) is 1. The highest BCUT2D eigenvalue weighted by Crippen LogP contribution is 2.35. The number of likely N-dealkylation sites (N-methyl/N-ethyl adjacent to an activating group) is 1. The quantitative estimate of drug-likeness (QED) is 0.576. The zero-order chi connectivity index (χ0) is 18.5. The third kappa shape index (κ3) is 2.43. The Balaban J connectivity index is 2.37. The zero-order valence-electron chi connectivity index (χ0n) is 13.4. The Kier molecular flexibility index (Phi) is 3.95. The first-order chi connectivity index (χ1) is 11.8. The van der Waals surface area contributed by atoms with Gasteiger partial charge in [-0.15, -0.1) is 0 Å². The van der Waals surface area contributed by atoms with Crippen molar-refractivity contribution < 1.29 is 13.9 Å². The van der Waals surface area contributed by atoms with Crippen LogP contribution in [0.2, 0.25) is 0 Å². The minimum atomic E-state index is -1.00. The van der Waals surface area contributed by atoms with Gasteiger partial charge in [-0.3, -0.25) is 9.36 Å². The Morgan fingerprint density at radius 1 is 1.24 bits per heavy atom. The number of nitrogens with two attached hydrogens (primary N) is 1. The molecule has 1 amide bonds. The lowest BCUT2D eigenvalue weighted by molar-refractivity contribution is -0.121. The molecule has 1 aliphatic heterocycles. The Morgan fingerprint density at radius 3 is 2.56 bits per heavy atom. The van der Waals surface area contributed by atoms with E-state index in [9.17, 15) is 18.8 Å². The summed E-state index contributed by atoms with van der Waals surface area (Å²) < 4.78 is 21.6. The maximum Gasteiger partial charge on any atom is 0.357 e. The van der Waals surface area contributed by atoms with Crippen molar-refractivity contribution in [2.75, 3.05) is 23.9 Å². The number of hydrogen-bond acceptors (Lipinski definition) is 6. The number of anilines is 1. The van der Waals surface area contributed by atoms with Crippen molar-refractivity contribution in [2.45, 2.75) is 6.92 Å². The van der Waals surface area contributed by atoms with Crippen LogP contribution in [-0.2, 0) is 11.8 Å². The number of carbonyl (C=O) groups is 1. The molecule has 1 aromatic heterocycles. The SMILES string of the molecule is CCN1C(=O)COc2cc(F)c(-n3c(=O)n(C)c(=S)n(N)c3=O)cc21. The molecule has 0 aliphatic carbocycles. The molecule has 0 fully saturated rings. The highest BCUT2D eigenvalue weighted by atomic mass is 32.1. The van der Waals surface area contributed by atoms with Gasteiger partial charge in [0.25, 0.3) is 5.91 Å². The smallest absolute Gasteiger partial charge is 0.357 e. The summed E-state index contributed by atoms with van der Waals surface area (Å²) in [5, 5.41) is 0. The summed E-state index contributed by atoms with van der Waals surface area (Å²) in [6, 6.07) is 2.23. The van der Waals surface area contributed by atoms with Crippen molar-refractivity contribution in [1.82, 2.24) is 13.8 Å². The lowest BCUT2D eigenvalue weighted by Gasteiger charge is -2.29. The first-order valence-corrected chi connectivity index (χ1v) is 7.66. The number of aromatic nitrogens is 3. The molecule has 2 N–H and O–H groups in total. The van der Waals surface area contributed by atoms with Crippen LogP contribution in [0.4, 0.5) is 10.1 Å². The predicted molar refractivity (Wildman–Crippen MR) is 89.7 cm³/mol. The second-order valence-electron chi connectivity index (χ2n) is 5.31. The molecule has 0 atom stereocenters. The number of fused-ring (bicyclic) bond motifs is 1. The third-order valence-electron chi connectivity index (χ3n) is 3.90. The Morgan fingerprint density at radius 2 is 1.92 bits per heavy atom. The molecule has 1 aliphatic rings. The summed E-state index contributed by atoms with van der Waals surface area (Å²) >= 11 is 4.88. The van der Waals surface area contributed by atoms with Crippen LogP contribution < -0.4 is 26.9 Å². The topological polar surface area (TPSA) is 104 Å². The van der Waals surface area contributed by atoms with Crippen molar-refractivity contribution in [3.05, 3.63) is 43.7 Å². The number of amides is 1. The average Bonchev–Trinajstić information content (AvgIpc) is 2.59. The van der Waals surface area contributed by atoms with Crippen molar-refractivity contribution in [1.29, 1.82) is 0 Å². The van der Waals surface area contributed by atoms with Crippen LogP contribution in [0, 0.1) is 10.6 Å². The first-order valence-electron chi connectivity index (χ1n) is 7.25. The van der Waals surface area contributed by atoms with Gasteiger partial charge in [-0.1, -0.05) is 0 Å². The standard InChI is InChI=1S/C14H14FN5O4S/c1-3-18-9-5-8(7(15)4-10(9)24-6-11(18)21)19-12(22)17(2)14(25)20(16)13(19)23/h4-5H,3,6,16H2,1-2H3. The molecule has 0 unspecified atom stereocenters. The van der Waals surface area contributed by atoms with Crippen LogP contribution in [0.5, 0.6) is 5.75 Å². The Hall–Kier alpha value is -2.95. The summed E-state index contributed by atoms with van der Waals surface area (Å²) in [5.41, 5.74) is -1.95. The molecule has 3 rings (SSSR count). The average molecular weight is 367 g/mol. The van der Waals surface area contributed by atoms with Gasteiger partial charge in [-0.2, -0.15) is 4.68 Å². The van der Waals surface area contributed by atoms with Crippen LogP contribution in [0.3, 0.4) is 0 Å². The third-order valence-corrected chi connectivity index (χ3v) is 4.37. The number of carbonyl (C=O) groups excluding carboxylic acids is 1. The number of nitrogens with zero attached hydrogens (tertiary/aromatic N) is 4. The van der Waals surface area contributed by atoms with Crippen LogP contribution in [0.25, 0.3) is 5.69 Å². The molecule has 0 spiro atoms. The summed E-state index contributed by atoms with van der Waals surface area (Å²) in [7, 11) is 1.31. The van der Waals surface area contributed by atoms with Crippen LogP contribution in [0.15, 0.2) is 21.7 Å². The molecule has 11 heteroatoms. The van der Waals surface area contributed by atoms with Gasteiger partial charge in [0.15, 0.2) is 12.4 Å². The molecule has 9 nitrogen and oxygen atoms in total. The van der Waals surface area contributed by atoms with E-state index in [0.29, 0.717) is 15.8 Å². The van der Waals surface area contributed by atoms with E-state index in [1.165, 1.54) is 18.0 Å². The van der Waals surface area contributed by atoms with Gasteiger partial charge in [0.2, 0.25) is 4.77 Å². The van der Waals surface area contributed by atoms with Crippen molar-refractivity contribution >= 4 is 23.8 Å². The molecule has 132 valence electrons. The van der Waals surface area contributed by atoms with Crippen molar-refractivity contribution in [3.63, 3.8) is 0 Å². The van der Waals surface area contributed by atoms with Crippen LogP contribution in [0.1, 0.15) is 6.92 Å². The second-order valence-corrected chi connectivity index (χ2v) is 5.68. The van der Waals surface area contributed by atoms with Gasteiger partial charge in [-0.25, -0.2) is 18.5 Å². The molecule has 0 radical (unpaired) electrons. The van der Waals surface area contributed by atoms with E-state index in [2.05, 4.69) is 0 Å². The second kappa shape index (κ2) is 5.84. The molecule has 25 heavy (non-hydrogen) atoms. The van der Waals surface area contributed by atoms with Gasteiger partial charge in [0.1, 0.15) is 5.75 Å². The molecule has 1 aromatic carbocycles. The van der Waals surface area contributed by atoms with E-state index >= 15 is 0 Å². The predicted octanol–water partition coefficient (Wildman–Crippen LogP) is -0.335. The molecule has 0 saturated heterocycles. The van der Waals surface area contributed by atoms with E-state index < -0.39 is 17.2 Å². The number of nitrogen functional groups attached to an aromatic ring is 1. The van der Waals surface area contributed by atoms with E-state index in [-0.39, 0.29) is 34.4 Å². The molecule has 2 aromatic rings. The maximum atomic E-state index is 14.5. The highest BCUT2D eigenvalue weighted by Gasteiger charge is 2.27. The van der Waals surface area contributed by atoms with Crippen LogP contribution >= 0.6 is 12.2 Å². The van der Waals surface area contributed by atoms with Gasteiger partial charge < -0.3 is 15.5 Å². The van der Waals surface area contributed by atoms with Gasteiger partial charge >= 0.3 is 11.4 Å². The van der Waals surface area contributed by atoms with Gasteiger partial charge in [-0.05, 0) is 25.2 Å². The Bertz CT molecular complexity index is 1030. The molecular formula is C14H14FN5O4S.